The zero-order valence-electron chi connectivity index (χ0n) is 23.0. The molecule has 4 N–H and O–H groups in total. The first kappa shape index (κ1) is 27.3. The highest BCUT2D eigenvalue weighted by molar-refractivity contribution is 6.24. The minimum atomic E-state index is -2.85. The Bertz CT molecular complexity index is 1760. The van der Waals surface area contributed by atoms with Gasteiger partial charge in [0, 0.05) is 12.0 Å². The van der Waals surface area contributed by atoms with Crippen molar-refractivity contribution >= 4 is 29.3 Å². The Balaban J connectivity index is 1.47. The molecule has 2 bridgehead atoms. The van der Waals surface area contributed by atoms with E-state index in [1.54, 1.807) is 6.92 Å². The van der Waals surface area contributed by atoms with Gasteiger partial charge in [-0.15, -0.1) is 0 Å². The van der Waals surface area contributed by atoms with Gasteiger partial charge < -0.3 is 34.6 Å². The summed E-state index contributed by atoms with van der Waals surface area (Å²) in [5.74, 6) is -7.35. The average molecular weight is 591 g/mol. The molecule has 0 amide bonds. The second-order valence-corrected chi connectivity index (χ2v) is 11.9. The van der Waals surface area contributed by atoms with E-state index in [1.165, 1.54) is 30.4 Å². The number of allylic oxidation sites excluding steroid dienone is 1. The Hall–Kier alpha value is -4.55. The fraction of sp³-hybridized carbons (Fsp3) is 0.387. The first-order chi connectivity index (χ1) is 20.3. The molecule has 222 valence electrons. The van der Waals surface area contributed by atoms with Crippen molar-refractivity contribution in [1.29, 1.82) is 0 Å². The van der Waals surface area contributed by atoms with Crippen LogP contribution in [0.25, 0.3) is 0 Å². The number of phenolic OH excluding ortho intramolecular Hbond substituents is 2. The number of rotatable bonds is 2. The maximum atomic E-state index is 14.3. The van der Waals surface area contributed by atoms with E-state index in [9.17, 15) is 44.4 Å². The molecule has 8 rings (SSSR count). The van der Waals surface area contributed by atoms with Gasteiger partial charge in [-0.05, 0) is 48.6 Å². The van der Waals surface area contributed by atoms with Crippen LogP contribution in [0.2, 0.25) is 0 Å². The van der Waals surface area contributed by atoms with Crippen molar-refractivity contribution < 1.29 is 58.6 Å². The summed E-state index contributed by atoms with van der Waals surface area (Å²) in [4.78, 5) is 67.1. The zero-order chi connectivity index (χ0) is 30.8. The highest BCUT2D eigenvalue weighted by Gasteiger charge is 2.71. The summed E-state index contributed by atoms with van der Waals surface area (Å²) in [6, 6.07) is 3.99. The molecule has 4 aliphatic carbocycles. The van der Waals surface area contributed by atoms with Crippen LogP contribution in [0.4, 0.5) is 0 Å². The number of cyclic esters (lactones) is 1. The normalized spacial score (nSPS) is 33.5. The second kappa shape index (κ2) is 8.51. The Kier molecular flexibility index (Phi) is 5.40. The van der Waals surface area contributed by atoms with Crippen LogP contribution in [-0.2, 0) is 30.3 Å². The van der Waals surface area contributed by atoms with Crippen molar-refractivity contribution in [1.82, 2.24) is 0 Å². The number of aromatic hydroxyl groups is 2. The highest BCUT2D eigenvalue weighted by Crippen LogP contribution is 2.62. The number of hydrogen-bond acceptors (Lipinski definition) is 12. The number of aliphatic hydroxyl groups is 2. The molecule has 2 aromatic carbocycles. The summed E-state index contributed by atoms with van der Waals surface area (Å²) in [7, 11) is 1.07. The third-order valence-corrected chi connectivity index (χ3v) is 9.63. The summed E-state index contributed by atoms with van der Waals surface area (Å²) >= 11 is 0. The van der Waals surface area contributed by atoms with Crippen LogP contribution in [0.1, 0.15) is 74.3 Å². The molecule has 2 aromatic rings. The Morgan fingerprint density at radius 2 is 1.77 bits per heavy atom. The van der Waals surface area contributed by atoms with Gasteiger partial charge in [0.25, 0.3) is 0 Å². The van der Waals surface area contributed by atoms with Gasteiger partial charge in [-0.25, -0.2) is 4.79 Å². The number of hydrogen-bond donors (Lipinski definition) is 4. The number of esters is 2. The SMILES string of the molecule is COC(=O)C1(C2CCC(=O)O2)CC(=O)c2c(O)cc3c(c2O1)C1C=CC2(C3)C(O)c3cc(C)cc(O)c3C(=O)C2(O)C1=O. The molecule has 6 aliphatic rings. The summed E-state index contributed by atoms with van der Waals surface area (Å²) < 4.78 is 16.6. The Morgan fingerprint density at radius 3 is 2.44 bits per heavy atom. The molecule has 2 aliphatic heterocycles. The number of benzene rings is 2. The van der Waals surface area contributed by atoms with Crippen molar-refractivity contribution in [3.05, 3.63) is 63.7 Å². The van der Waals surface area contributed by atoms with E-state index in [4.69, 9.17) is 14.2 Å². The Morgan fingerprint density at radius 1 is 1.05 bits per heavy atom. The Labute approximate surface area is 243 Å². The summed E-state index contributed by atoms with van der Waals surface area (Å²) in [5.41, 5.74) is -6.95. The molecule has 0 saturated carbocycles. The average Bonchev–Trinajstić information content (AvgIpc) is 3.29. The van der Waals surface area contributed by atoms with Crippen LogP contribution in [0.3, 0.4) is 0 Å². The van der Waals surface area contributed by atoms with Crippen molar-refractivity contribution in [3.8, 4) is 17.2 Å². The standard InChI is InChI=1S/C31H26O12/c1-12-7-15-22(16(32)8-12)27(38)31(40)26(37)14-5-6-29(31,25(15)36)10-13-9-17(33)23-18(34)11-30(28(39)41-2,43-24(23)21(13)14)19-3-4-20(35)42-19/h5-9,14,19,25,32-33,36,40H,3-4,10-11H2,1-2H3. The van der Waals surface area contributed by atoms with Gasteiger partial charge in [-0.1, -0.05) is 18.2 Å². The molecule has 12 nitrogen and oxygen atoms in total. The molecule has 1 fully saturated rings. The van der Waals surface area contributed by atoms with E-state index in [2.05, 4.69) is 0 Å². The van der Waals surface area contributed by atoms with E-state index in [0.29, 0.717) is 5.56 Å². The van der Waals surface area contributed by atoms with Crippen LogP contribution < -0.4 is 4.74 Å². The van der Waals surface area contributed by atoms with Gasteiger partial charge in [0.05, 0.1) is 36.5 Å². The van der Waals surface area contributed by atoms with Gasteiger partial charge in [0.1, 0.15) is 22.8 Å². The third kappa shape index (κ3) is 3.14. The summed E-state index contributed by atoms with van der Waals surface area (Å²) in [5, 5.41) is 45.6. The number of phenols is 2. The second-order valence-electron chi connectivity index (χ2n) is 11.9. The number of aryl methyl sites for hydroxylation is 1. The third-order valence-electron chi connectivity index (χ3n) is 9.63. The highest BCUT2D eigenvalue weighted by atomic mass is 16.6. The molecule has 43 heavy (non-hydrogen) atoms. The van der Waals surface area contributed by atoms with E-state index in [-0.39, 0.29) is 52.8 Å². The largest absolute Gasteiger partial charge is 0.507 e. The van der Waals surface area contributed by atoms with Crippen LogP contribution in [-0.4, -0.2) is 74.1 Å². The van der Waals surface area contributed by atoms with Crippen molar-refractivity contribution in [2.24, 2.45) is 5.41 Å². The first-order valence-corrected chi connectivity index (χ1v) is 13.7. The number of methoxy groups -OCH3 is 1. The number of carbonyl (C=O) groups excluding carboxylic acids is 5. The van der Waals surface area contributed by atoms with Crippen molar-refractivity contribution in [3.63, 3.8) is 0 Å². The van der Waals surface area contributed by atoms with Crippen LogP contribution in [0.5, 0.6) is 17.2 Å². The molecule has 2 heterocycles. The van der Waals surface area contributed by atoms with Crippen molar-refractivity contribution in [2.45, 2.75) is 61.9 Å². The maximum Gasteiger partial charge on any atom is 0.354 e. The van der Waals surface area contributed by atoms with E-state index in [1.807, 2.05) is 0 Å². The lowest BCUT2D eigenvalue weighted by Crippen LogP contribution is -2.66. The molecule has 12 heteroatoms. The molecule has 6 unspecified atom stereocenters. The lowest BCUT2D eigenvalue weighted by molar-refractivity contribution is -0.175. The number of Topliss-reactive ketones (excluding diaryl/α,β-unsaturated/α-hetero) is 3. The van der Waals surface area contributed by atoms with Gasteiger partial charge in [0.15, 0.2) is 23.3 Å². The summed E-state index contributed by atoms with van der Waals surface area (Å²) in [6.45, 7) is 1.64. The number of ether oxygens (including phenoxy) is 3. The molecule has 0 radical (unpaired) electrons. The predicted molar refractivity (Wildman–Crippen MR) is 142 cm³/mol. The molecular weight excluding hydrogens is 564 g/mol. The van der Waals surface area contributed by atoms with Crippen LogP contribution in [0, 0.1) is 12.3 Å². The smallest absolute Gasteiger partial charge is 0.354 e. The minimum absolute atomic E-state index is 0.00357. The number of aliphatic hydroxyl groups excluding tert-OH is 1. The van der Waals surface area contributed by atoms with Crippen LogP contribution in [0.15, 0.2) is 30.4 Å². The van der Waals surface area contributed by atoms with E-state index in [0.717, 1.165) is 7.11 Å². The van der Waals surface area contributed by atoms with Gasteiger partial charge in [0.2, 0.25) is 11.4 Å². The topological polar surface area (TPSA) is 194 Å². The number of fused-ring (bicyclic) bond motifs is 2. The van der Waals surface area contributed by atoms with Gasteiger partial charge >= 0.3 is 11.9 Å². The molecule has 1 saturated heterocycles. The van der Waals surface area contributed by atoms with Gasteiger partial charge in [-0.3, -0.25) is 19.2 Å². The lowest BCUT2D eigenvalue weighted by atomic mass is 9.53. The van der Waals surface area contributed by atoms with E-state index >= 15 is 0 Å². The maximum absolute atomic E-state index is 14.3. The fourth-order valence-corrected chi connectivity index (χ4v) is 7.66. The molecular formula is C31H26O12. The first-order valence-electron chi connectivity index (χ1n) is 13.7. The number of ketones is 3. The fourth-order valence-electron chi connectivity index (χ4n) is 7.66. The molecule has 1 spiro atoms. The molecule has 6 atom stereocenters. The van der Waals surface area contributed by atoms with E-state index < -0.39 is 82.0 Å². The molecule has 0 aromatic heterocycles. The lowest BCUT2D eigenvalue weighted by Gasteiger charge is -2.51. The summed E-state index contributed by atoms with van der Waals surface area (Å²) in [6.07, 6.45) is -1.13. The van der Waals surface area contributed by atoms with Crippen LogP contribution >= 0.6 is 0 Å². The minimum Gasteiger partial charge on any atom is -0.507 e. The quantitative estimate of drug-likeness (QED) is 0.224. The predicted octanol–water partition coefficient (Wildman–Crippen LogP) is 1.41. The zero-order valence-corrected chi connectivity index (χ0v) is 23.0. The van der Waals surface area contributed by atoms with Crippen molar-refractivity contribution in [2.75, 3.05) is 7.11 Å². The monoisotopic (exact) mass is 590 g/mol. The number of carbonyl (C=O) groups is 5. The van der Waals surface area contributed by atoms with Gasteiger partial charge in [-0.2, -0.15) is 0 Å².